The van der Waals surface area contributed by atoms with Gasteiger partial charge in [0.1, 0.15) is 48.8 Å². The number of ether oxygens (including phenoxy) is 4. The molecule has 0 aliphatic carbocycles. The summed E-state index contributed by atoms with van der Waals surface area (Å²) in [6.45, 7) is 2.83. The van der Waals surface area contributed by atoms with E-state index in [0.717, 1.165) is 44.9 Å². The van der Waals surface area contributed by atoms with Crippen molar-refractivity contribution < 1.29 is 64.6 Å². The van der Waals surface area contributed by atoms with Crippen molar-refractivity contribution in [3.63, 3.8) is 0 Å². The van der Waals surface area contributed by atoms with Gasteiger partial charge in [-0.2, -0.15) is 0 Å². The standard InChI is InChI=1S/C74H139NO13/c1-3-5-7-9-11-13-15-17-19-21-23-25-27-28-29-30-31-32-33-34-36-38-40-42-44-46-48-50-52-54-56-58-66(79)75-62(61-85-73-71(84)69(82)72(65(60-77)87-73)88-74-70(83)68(81)67(80)64(59-76)86-74)63(78)57-55-53-51-49-47-45-43-41-39-37-35-26-24-22-20-18-16-14-12-10-8-6-4-2/h39,41,47,49,55,57,62-65,67-74,76-78,80-84H,3-38,40,42-46,48,50-54,56,58-61H2,1-2H3,(H,75,79)/b41-39+,49-47+,57-55+. The summed E-state index contributed by atoms with van der Waals surface area (Å²) >= 11 is 0. The number of nitrogens with one attached hydrogen (secondary N) is 1. The molecule has 1 amide bonds. The van der Waals surface area contributed by atoms with Gasteiger partial charge in [0.05, 0.1) is 32.0 Å². The van der Waals surface area contributed by atoms with Crippen molar-refractivity contribution in [2.45, 2.75) is 408 Å². The van der Waals surface area contributed by atoms with Gasteiger partial charge in [-0.15, -0.1) is 0 Å². The first-order chi connectivity index (χ1) is 43.1. The highest BCUT2D eigenvalue weighted by atomic mass is 16.7. The summed E-state index contributed by atoms with van der Waals surface area (Å²) in [7, 11) is 0. The Labute approximate surface area is 538 Å². The average molecular weight is 1250 g/mol. The largest absolute Gasteiger partial charge is 0.394 e. The molecule has 0 bridgehead atoms. The van der Waals surface area contributed by atoms with E-state index in [-0.39, 0.29) is 18.9 Å². The van der Waals surface area contributed by atoms with Gasteiger partial charge in [-0.05, 0) is 44.9 Å². The molecule has 518 valence electrons. The van der Waals surface area contributed by atoms with Gasteiger partial charge >= 0.3 is 0 Å². The second-order valence-electron chi connectivity index (χ2n) is 26.4. The number of unbranched alkanes of at least 4 members (excludes halogenated alkanes) is 45. The van der Waals surface area contributed by atoms with Crippen LogP contribution in [-0.4, -0.2) is 140 Å². The number of carbonyl (C=O) groups is 1. The molecule has 2 aliphatic rings. The fraction of sp³-hybridized carbons (Fsp3) is 0.905. The first-order valence-electron chi connectivity index (χ1n) is 37.2. The van der Waals surface area contributed by atoms with Crippen LogP contribution in [0.25, 0.3) is 0 Å². The van der Waals surface area contributed by atoms with Crippen LogP contribution in [0.15, 0.2) is 36.5 Å². The molecule has 2 heterocycles. The van der Waals surface area contributed by atoms with Crippen LogP contribution in [-0.2, 0) is 23.7 Å². The summed E-state index contributed by atoms with van der Waals surface area (Å²) < 4.78 is 22.9. The maximum atomic E-state index is 13.3. The first-order valence-corrected chi connectivity index (χ1v) is 37.2. The van der Waals surface area contributed by atoms with Crippen LogP contribution in [0.2, 0.25) is 0 Å². The number of rotatable bonds is 62. The zero-order valence-corrected chi connectivity index (χ0v) is 56.5. The van der Waals surface area contributed by atoms with Gasteiger partial charge in [0.15, 0.2) is 12.6 Å². The van der Waals surface area contributed by atoms with Gasteiger partial charge in [0, 0.05) is 6.42 Å². The second-order valence-corrected chi connectivity index (χ2v) is 26.4. The Morgan fingerprint density at radius 1 is 0.398 bits per heavy atom. The number of hydrogen-bond donors (Lipinski definition) is 9. The van der Waals surface area contributed by atoms with Crippen LogP contribution in [0.5, 0.6) is 0 Å². The van der Waals surface area contributed by atoms with Crippen LogP contribution in [0.1, 0.15) is 335 Å². The Morgan fingerprint density at radius 3 is 1.11 bits per heavy atom. The van der Waals surface area contributed by atoms with Gasteiger partial charge < -0.3 is 65.1 Å². The van der Waals surface area contributed by atoms with E-state index < -0.39 is 86.8 Å². The molecule has 0 radical (unpaired) electrons. The third kappa shape index (κ3) is 42.4. The molecular formula is C74H139NO13. The number of amides is 1. The van der Waals surface area contributed by atoms with Crippen LogP contribution >= 0.6 is 0 Å². The maximum absolute atomic E-state index is 13.3. The second kappa shape index (κ2) is 59.0. The highest BCUT2D eigenvalue weighted by molar-refractivity contribution is 5.76. The van der Waals surface area contributed by atoms with E-state index in [0.29, 0.717) is 12.8 Å². The molecule has 9 N–H and O–H groups in total. The van der Waals surface area contributed by atoms with E-state index in [9.17, 15) is 45.6 Å². The predicted octanol–water partition coefficient (Wildman–Crippen LogP) is 15.7. The molecular weight excluding hydrogens is 1110 g/mol. The van der Waals surface area contributed by atoms with E-state index in [1.54, 1.807) is 6.08 Å². The van der Waals surface area contributed by atoms with Gasteiger partial charge in [0.2, 0.25) is 5.91 Å². The minimum atomic E-state index is -1.79. The lowest BCUT2D eigenvalue weighted by molar-refractivity contribution is -0.359. The van der Waals surface area contributed by atoms with Gasteiger partial charge in [-0.3, -0.25) is 4.79 Å². The minimum Gasteiger partial charge on any atom is -0.394 e. The summed E-state index contributed by atoms with van der Waals surface area (Å²) in [6.07, 6.45) is 59.4. The molecule has 2 rings (SSSR count). The molecule has 0 aromatic rings. The number of aliphatic hydroxyl groups excluding tert-OH is 8. The molecule has 12 unspecified atom stereocenters. The molecule has 0 saturated carbocycles. The van der Waals surface area contributed by atoms with E-state index in [2.05, 4.69) is 43.5 Å². The Bertz CT molecular complexity index is 1620. The molecule has 14 nitrogen and oxygen atoms in total. The molecule has 88 heavy (non-hydrogen) atoms. The van der Waals surface area contributed by atoms with Crippen molar-refractivity contribution in [3.05, 3.63) is 36.5 Å². The molecule has 0 aromatic heterocycles. The Kier molecular flexibility index (Phi) is 55.2. The van der Waals surface area contributed by atoms with Crippen molar-refractivity contribution in [1.29, 1.82) is 0 Å². The summed E-state index contributed by atoms with van der Waals surface area (Å²) in [4.78, 5) is 13.3. The first kappa shape index (κ1) is 82.3. The molecule has 0 spiro atoms. The van der Waals surface area contributed by atoms with Gasteiger partial charge in [-0.1, -0.05) is 320 Å². The summed E-state index contributed by atoms with van der Waals surface area (Å²) in [6, 6.07) is -0.937. The SMILES string of the molecule is CCCCCCCCCCCCCCC/C=C/CC/C=C/CC/C=C/C(O)C(COC1OC(CO)C(OC2OC(CO)C(O)C(O)C2O)C(O)C1O)NC(=O)CCCCCCCCCCCCCCCCCCCCCCCCCCCCCCCCC. The summed E-state index contributed by atoms with van der Waals surface area (Å²) in [5.41, 5.74) is 0. The average Bonchev–Trinajstić information content (AvgIpc) is 2.07. The number of aliphatic hydroxyl groups is 8. The van der Waals surface area contributed by atoms with Crippen molar-refractivity contribution >= 4 is 5.91 Å². The van der Waals surface area contributed by atoms with Crippen LogP contribution < -0.4 is 5.32 Å². The molecule has 14 heteroatoms. The topological polar surface area (TPSA) is 228 Å². The highest BCUT2D eigenvalue weighted by Gasteiger charge is 2.51. The molecule has 2 fully saturated rings. The predicted molar refractivity (Wildman–Crippen MR) is 360 cm³/mol. The van der Waals surface area contributed by atoms with Gasteiger partial charge in [-0.25, -0.2) is 0 Å². The van der Waals surface area contributed by atoms with Gasteiger partial charge in [0.25, 0.3) is 0 Å². The normalized spacial score (nSPS) is 23.3. The van der Waals surface area contributed by atoms with Crippen molar-refractivity contribution in [3.8, 4) is 0 Å². The monoisotopic (exact) mass is 1250 g/mol. The Morgan fingerprint density at radius 2 is 0.727 bits per heavy atom. The number of allylic oxidation sites excluding steroid dienone is 5. The number of carbonyl (C=O) groups excluding carboxylic acids is 1. The number of hydrogen-bond acceptors (Lipinski definition) is 13. The zero-order valence-electron chi connectivity index (χ0n) is 56.5. The molecule has 2 saturated heterocycles. The molecule has 12 atom stereocenters. The molecule has 0 aromatic carbocycles. The third-order valence-electron chi connectivity index (χ3n) is 18.3. The summed E-state index contributed by atoms with van der Waals surface area (Å²) in [5, 5.41) is 87.5. The maximum Gasteiger partial charge on any atom is 0.220 e. The van der Waals surface area contributed by atoms with E-state index in [1.807, 2.05) is 6.08 Å². The van der Waals surface area contributed by atoms with E-state index in [4.69, 9.17) is 18.9 Å². The van der Waals surface area contributed by atoms with Crippen LogP contribution in [0, 0.1) is 0 Å². The lowest BCUT2D eigenvalue weighted by atomic mass is 9.97. The van der Waals surface area contributed by atoms with E-state index >= 15 is 0 Å². The van der Waals surface area contributed by atoms with Crippen LogP contribution in [0.3, 0.4) is 0 Å². The Hall–Kier alpha value is -1.79. The fourth-order valence-electron chi connectivity index (χ4n) is 12.4. The zero-order chi connectivity index (χ0) is 63.8. The lowest BCUT2D eigenvalue weighted by Gasteiger charge is -2.46. The third-order valence-corrected chi connectivity index (χ3v) is 18.3. The minimum absolute atomic E-state index is 0.246. The van der Waals surface area contributed by atoms with Crippen LogP contribution in [0.4, 0.5) is 0 Å². The summed E-state index contributed by atoms with van der Waals surface area (Å²) in [5.74, 6) is -0.246. The quantitative estimate of drug-likeness (QED) is 0.0204. The van der Waals surface area contributed by atoms with Crippen molar-refractivity contribution in [1.82, 2.24) is 5.32 Å². The lowest BCUT2D eigenvalue weighted by Crippen LogP contribution is -2.65. The smallest absolute Gasteiger partial charge is 0.220 e. The van der Waals surface area contributed by atoms with E-state index in [1.165, 1.54) is 257 Å². The highest BCUT2D eigenvalue weighted by Crippen LogP contribution is 2.30. The Balaban J connectivity index is 1.66. The van der Waals surface area contributed by atoms with Crippen molar-refractivity contribution in [2.75, 3.05) is 19.8 Å². The fourth-order valence-corrected chi connectivity index (χ4v) is 12.4. The van der Waals surface area contributed by atoms with Crippen molar-refractivity contribution in [2.24, 2.45) is 0 Å². The molecule has 2 aliphatic heterocycles.